The minimum Gasteiger partial charge on any atom is -0.326 e. The van der Waals surface area contributed by atoms with Crippen LogP contribution in [0, 0.1) is 13.8 Å². The van der Waals surface area contributed by atoms with Gasteiger partial charge in [-0.15, -0.1) is 11.3 Å². The number of benzene rings is 1. The molecule has 33 heavy (non-hydrogen) atoms. The van der Waals surface area contributed by atoms with Gasteiger partial charge in [-0.05, 0) is 44.4 Å². The highest BCUT2D eigenvalue weighted by Crippen LogP contribution is 2.26. The van der Waals surface area contributed by atoms with Crippen molar-refractivity contribution in [3.63, 3.8) is 0 Å². The van der Waals surface area contributed by atoms with Gasteiger partial charge in [-0.2, -0.15) is 10.1 Å². The maximum absolute atomic E-state index is 12.5. The summed E-state index contributed by atoms with van der Waals surface area (Å²) in [6, 6.07) is 7.51. The number of fused-ring (bicyclic) bond motifs is 1. The molecule has 0 aliphatic heterocycles. The van der Waals surface area contributed by atoms with Crippen LogP contribution in [0.5, 0.6) is 0 Å². The van der Waals surface area contributed by atoms with E-state index in [0.717, 1.165) is 40.3 Å². The third kappa shape index (κ3) is 5.23. The Balaban J connectivity index is 1.36. The van der Waals surface area contributed by atoms with Gasteiger partial charge < -0.3 is 10.6 Å². The molecule has 0 saturated carbocycles. The number of aromatic nitrogens is 5. The second-order valence-electron chi connectivity index (χ2n) is 7.69. The van der Waals surface area contributed by atoms with Crippen LogP contribution in [0.15, 0.2) is 36.0 Å². The number of amides is 2. The fourth-order valence-electron chi connectivity index (χ4n) is 3.58. The summed E-state index contributed by atoms with van der Waals surface area (Å²) in [6.07, 6.45) is 3.65. The first-order valence-electron chi connectivity index (χ1n) is 10.8. The van der Waals surface area contributed by atoms with Crippen LogP contribution >= 0.6 is 11.3 Å². The molecule has 9 nitrogen and oxygen atoms in total. The lowest BCUT2D eigenvalue weighted by atomic mass is 10.1. The Morgan fingerprint density at radius 1 is 1.03 bits per heavy atom. The summed E-state index contributed by atoms with van der Waals surface area (Å²) in [5, 5.41) is 12.4. The van der Waals surface area contributed by atoms with Gasteiger partial charge in [0.1, 0.15) is 6.33 Å². The van der Waals surface area contributed by atoms with Gasteiger partial charge in [-0.25, -0.2) is 14.5 Å². The summed E-state index contributed by atoms with van der Waals surface area (Å²) in [6.45, 7) is 5.85. The molecule has 0 atom stereocenters. The number of rotatable bonds is 8. The van der Waals surface area contributed by atoms with Gasteiger partial charge in [0.2, 0.25) is 11.8 Å². The van der Waals surface area contributed by atoms with Crippen LogP contribution in [0.2, 0.25) is 0 Å². The number of aryl methyl sites for hydroxylation is 2. The molecule has 3 aromatic heterocycles. The fraction of sp³-hybridized carbons (Fsp3) is 0.304. The van der Waals surface area contributed by atoms with Crippen LogP contribution < -0.4 is 10.6 Å². The lowest BCUT2D eigenvalue weighted by Crippen LogP contribution is -2.14. The zero-order valence-corrected chi connectivity index (χ0v) is 19.6. The zero-order chi connectivity index (χ0) is 23.4. The summed E-state index contributed by atoms with van der Waals surface area (Å²) >= 11 is 1.38. The van der Waals surface area contributed by atoms with E-state index in [0.29, 0.717) is 30.2 Å². The Hall–Kier alpha value is -3.66. The maximum atomic E-state index is 12.5. The third-order valence-corrected chi connectivity index (χ3v) is 6.04. The third-order valence-electron chi connectivity index (χ3n) is 5.28. The van der Waals surface area contributed by atoms with Gasteiger partial charge in [-0.1, -0.05) is 19.1 Å². The first kappa shape index (κ1) is 22.5. The lowest BCUT2D eigenvalue weighted by molar-refractivity contribution is -0.117. The molecule has 0 saturated heterocycles. The van der Waals surface area contributed by atoms with E-state index in [2.05, 4.69) is 30.7 Å². The fourth-order valence-corrected chi connectivity index (χ4v) is 4.31. The molecular formula is C23H25N7O2S. The molecule has 10 heteroatoms. The molecule has 0 spiro atoms. The first-order chi connectivity index (χ1) is 15.9. The number of carbonyl (C=O) groups is 2. The summed E-state index contributed by atoms with van der Waals surface area (Å²) in [5.74, 6) is 0.457. The summed E-state index contributed by atoms with van der Waals surface area (Å²) in [7, 11) is 0. The quantitative estimate of drug-likeness (QED) is 0.405. The Kier molecular flexibility index (Phi) is 6.74. The minimum atomic E-state index is -0.109. The predicted octanol–water partition coefficient (Wildman–Crippen LogP) is 4.17. The highest BCUT2D eigenvalue weighted by atomic mass is 32.1. The highest BCUT2D eigenvalue weighted by molar-refractivity contribution is 7.14. The SMILES string of the molecule is CCCC(=O)Nc1ccc(-c2csc(NC(=O)CCc3c(C)nc4ncnn4c3C)n2)cc1. The molecule has 4 aromatic rings. The highest BCUT2D eigenvalue weighted by Gasteiger charge is 2.14. The van der Waals surface area contributed by atoms with E-state index in [1.807, 2.05) is 50.4 Å². The number of thiazole rings is 1. The van der Waals surface area contributed by atoms with Gasteiger partial charge in [0.05, 0.1) is 5.69 Å². The number of carbonyl (C=O) groups excluding carboxylic acids is 2. The number of nitrogens with zero attached hydrogens (tertiary/aromatic N) is 5. The van der Waals surface area contributed by atoms with Crippen molar-refractivity contribution in [3.05, 3.63) is 52.9 Å². The van der Waals surface area contributed by atoms with Crippen LogP contribution in [0.1, 0.15) is 43.1 Å². The normalized spacial score (nSPS) is 11.0. The van der Waals surface area contributed by atoms with E-state index >= 15 is 0 Å². The lowest BCUT2D eigenvalue weighted by Gasteiger charge is -2.10. The van der Waals surface area contributed by atoms with Crippen molar-refractivity contribution in [1.82, 2.24) is 24.6 Å². The average Bonchev–Trinajstić information content (AvgIpc) is 3.44. The Morgan fingerprint density at radius 2 is 1.79 bits per heavy atom. The predicted molar refractivity (Wildman–Crippen MR) is 128 cm³/mol. The molecule has 0 bridgehead atoms. The Morgan fingerprint density at radius 3 is 2.55 bits per heavy atom. The van der Waals surface area contributed by atoms with E-state index in [1.165, 1.54) is 17.7 Å². The molecule has 170 valence electrons. The molecule has 0 fully saturated rings. The molecule has 0 aliphatic carbocycles. The first-order valence-corrected chi connectivity index (χ1v) is 11.6. The Bertz CT molecular complexity index is 1290. The average molecular weight is 464 g/mol. The second kappa shape index (κ2) is 9.86. The topological polar surface area (TPSA) is 114 Å². The van der Waals surface area contributed by atoms with E-state index in [1.54, 1.807) is 4.52 Å². The van der Waals surface area contributed by atoms with Crippen LogP contribution in [-0.2, 0) is 16.0 Å². The maximum Gasteiger partial charge on any atom is 0.252 e. The van der Waals surface area contributed by atoms with E-state index in [4.69, 9.17) is 0 Å². The van der Waals surface area contributed by atoms with Crippen molar-refractivity contribution in [3.8, 4) is 11.3 Å². The molecule has 3 heterocycles. The van der Waals surface area contributed by atoms with Crippen LogP contribution in [0.3, 0.4) is 0 Å². The molecule has 0 unspecified atom stereocenters. The molecule has 0 aliphatic rings. The van der Waals surface area contributed by atoms with Crippen molar-refractivity contribution >= 4 is 39.7 Å². The zero-order valence-electron chi connectivity index (χ0n) is 18.8. The van der Waals surface area contributed by atoms with Gasteiger partial charge in [0.15, 0.2) is 5.13 Å². The molecular weight excluding hydrogens is 438 g/mol. The smallest absolute Gasteiger partial charge is 0.252 e. The molecule has 2 amide bonds. The molecule has 1 aromatic carbocycles. The summed E-state index contributed by atoms with van der Waals surface area (Å²) in [5.41, 5.74) is 5.23. The molecule has 0 radical (unpaired) electrons. The van der Waals surface area contributed by atoms with Crippen molar-refractivity contribution < 1.29 is 9.59 Å². The standard InChI is InChI=1S/C23H25N7O2S/c1-4-5-20(31)27-17-8-6-16(7-9-17)19-12-33-23(28-19)29-21(32)11-10-18-14(2)26-22-24-13-25-30(22)15(18)3/h6-9,12-13H,4-5,10-11H2,1-3H3,(H,27,31)(H,28,29,32). The van der Waals surface area contributed by atoms with Crippen LogP contribution in [0.25, 0.3) is 17.0 Å². The molecule has 2 N–H and O–H groups in total. The van der Waals surface area contributed by atoms with E-state index in [9.17, 15) is 9.59 Å². The van der Waals surface area contributed by atoms with Crippen LogP contribution in [-0.4, -0.2) is 36.4 Å². The van der Waals surface area contributed by atoms with Gasteiger partial charge in [0, 0.05) is 40.9 Å². The van der Waals surface area contributed by atoms with E-state index in [-0.39, 0.29) is 11.8 Å². The number of hydrogen-bond donors (Lipinski definition) is 2. The molecule has 4 rings (SSSR count). The monoisotopic (exact) mass is 463 g/mol. The number of hydrogen-bond acceptors (Lipinski definition) is 7. The largest absolute Gasteiger partial charge is 0.326 e. The second-order valence-corrected chi connectivity index (χ2v) is 8.55. The summed E-state index contributed by atoms with van der Waals surface area (Å²) < 4.78 is 1.69. The number of anilines is 2. The van der Waals surface area contributed by atoms with Gasteiger partial charge >= 0.3 is 0 Å². The minimum absolute atomic E-state index is 0.00582. The van der Waals surface area contributed by atoms with Gasteiger partial charge in [-0.3, -0.25) is 9.59 Å². The van der Waals surface area contributed by atoms with Crippen LogP contribution in [0.4, 0.5) is 10.8 Å². The van der Waals surface area contributed by atoms with Crippen molar-refractivity contribution in [2.45, 2.75) is 46.5 Å². The van der Waals surface area contributed by atoms with Gasteiger partial charge in [0.25, 0.3) is 5.78 Å². The van der Waals surface area contributed by atoms with Crippen molar-refractivity contribution in [2.75, 3.05) is 10.6 Å². The number of nitrogens with one attached hydrogen (secondary N) is 2. The van der Waals surface area contributed by atoms with Crippen molar-refractivity contribution in [2.24, 2.45) is 0 Å². The van der Waals surface area contributed by atoms with E-state index < -0.39 is 0 Å². The Labute approximate surface area is 195 Å². The van der Waals surface area contributed by atoms with Crippen molar-refractivity contribution in [1.29, 1.82) is 0 Å². The summed E-state index contributed by atoms with van der Waals surface area (Å²) in [4.78, 5) is 37.4.